The Balaban J connectivity index is 4.11. The zero-order valence-corrected chi connectivity index (χ0v) is 52.1. The number of hydrogen-bond acceptors (Lipinski definition) is 6. The summed E-state index contributed by atoms with van der Waals surface area (Å²) in [5, 5.41) is 14.0. The Morgan fingerprint density at radius 3 is 1.11 bits per heavy atom. The minimum absolute atomic E-state index is 0.000812. The molecule has 0 aromatic rings. The van der Waals surface area contributed by atoms with E-state index in [0.717, 1.165) is 51.4 Å². The monoisotopic (exact) mass is 1090 g/mol. The van der Waals surface area contributed by atoms with Crippen LogP contribution in [0.15, 0.2) is 48.6 Å². The summed E-state index contributed by atoms with van der Waals surface area (Å²) in [7, 11) is 1.27. The molecule has 0 heterocycles. The number of aliphatic hydroxyl groups excluding tert-OH is 1. The van der Waals surface area contributed by atoms with Crippen molar-refractivity contribution >= 4 is 13.7 Å². The van der Waals surface area contributed by atoms with Crippen LogP contribution in [0.2, 0.25) is 0 Å². The third-order valence-corrected chi connectivity index (χ3v) is 16.0. The van der Waals surface area contributed by atoms with Crippen LogP contribution in [0.25, 0.3) is 0 Å². The topological polar surface area (TPSA) is 108 Å². The van der Waals surface area contributed by atoms with Gasteiger partial charge in [-0.25, -0.2) is 0 Å². The van der Waals surface area contributed by atoms with Gasteiger partial charge in [-0.3, -0.25) is 9.36 Å². The van der Waals surface area contributed by atoms with Crippen LogP contribution in [-0.4, -0.2) is 68.5 Å². The number of phosphoric acid groups is 1. The Hall–Kier alpha value is -1.54. The van der Waals surface area contributed by atoms with Crippen molar-refractivity contribution in [2.45, 2.75) is 334 Å². The van der Waals surface area contributed by atoms with E-state index in [-0.39, 0.29) is 19.1 Å². The van der Waals surface area contributed by atoms with Crippen LogP contribution in [0.1, 0.15) is 322 Å². The second kappa shape index (κ2) is 58.1. The van der Waals surface area contributed by atoms with Crippen molar-refractivity contribution < 1.29 is 32.9 Å². The van der Waals surface area contributed by atoms with Crippen LogP contribution < -0.4 is 10.2 Å². The average molecular weight is 1090 g/mol. The molecule has 3 unspecified atom stereocenters. The van der Waals surface area contributed by atoms with E-state index in [9.17, 15) is 19.4 Å². The highest BCUT2D eigenvalue weighted by atomic mass is 31.2. The number of phosphoric ester groups is 1. The van der Waals surface area contributed by atoms with Crippen LogP contribution in [0.3, 0.4) is 0 Å². The number of unbranched alkanes of at least 4 members (excludes halogenated alkanes) is 42. The molecule has 0 saturated carbocycles. The predicted molar refractivity (Wildman–Crippen MR) is 330 cm³/mol. The van der Waals surface area contributed by atoms with Gasteiger partial charge in [-0.05, 0) is 57.8 Å². The van der Waals surface area contributed by atoms with Gasteiger partial charge in [0, 0.05) is 6.42 Å². The molecule has 9 heteroatoms. The summed E-state index contributed by atoms with van der Waals surface area (Å²) in [5.74, 6) is -0.194. The third kappa shape index (κ3) is 60.1. The van der Waals surface area contributed by atoms with E-state index in [1.54, 1.807) is 6.08 Å². The summed E-state index contributed by atoms with van der Waals surface area (Å²) in [6, 6.07) is -0.889. The van der Waals surface area contributed by atoms with Gasteiger partial charge in [0.15, 0.2) is 0 Å². The normalized spacial score (nSPS) is 14.0. The second-order valence-electron chi connectivity index (χ2n) is 23.8. The van der Waals surface area contributed by atoms with Crippen LogP contribution in [0.4, 0.5) is 0 Å². The predicted octanol–water partition coefficient (Wildman–Crippen LogP) is 20.0. The van der Waals surface area contributed by atoms with E-state index >= 15 is 0 Å². The second-order valence-corrected chi connectivity index (χ2v) is 25.2. The fraction of sp³-hybridized carbons (Fsp3) is 0.866. The summed E-state index contributed by atoms with van der Waals surface area (Å²) >= 11 is 0. The van der Waals surface area contributed by atoms with E-state index in [1.807, 2.05) is 27.2 Å². The number of likely N-dealkylation sites (N-methyl/N-ethyl adjacent to an activating group) is 1. The van der Waals surface area contributed by atoms with Gasteiger partial charge in [-0.1, -0.05) is 306 Å². The van der Waals surface area contributed by atoms with Gasteiger partial charge in [0.05, 0.1) is 39.9 Å². The first-order valence-corrected chi connectivity index (χ1v) is 34.5. The zero-order chi connectivity index (χ0) is 55.6. The zero-order valence-electron chi connectivity index (χ0n) is 51.2. The molecule has 0 aromatic heterocycles. The molecule has 8 nitrogen and oxygen atoms in total. The molecular weight excluding hydrogens is 960 g/mol. The van der Waals surface area contributed by atoms with E-state index in [4.69, 9.17) is 9.05 Å². The molecule has 0 saturated heterocycles. The van der Waals surface area contributed by atoms with Gasteiger partial charge in [0.2, 0.25) is 5.91 Å². The molecule has 0 aliphatic rings. The molecule has 3 atom stereocenters. The lowest BCUT2D eigenvalue weighted by Gasteiger charge is -2.29. The van der Waals surface area contributed by atoms with E-state index < -0.39 is 20.0 Å². The molecule has 1 amide bonds. The minimum atomic E-state index is -4.60. The number of aliphatic hydroxyl groups is 1. The molecule has 0 aliphatic heterocycles. The maximum Gasteiger partial charge on any atom is 0.268 e. The van der Waals surface area contributed by atoms with Crippen LogP contribution in [0.5, 0.6) is 0 Å². The Morgan fingerprint density at radius 1 is 0.461 bits per heavy atom. The molecule has 2 N–H and O–H groups in total. The standard InChI is InChI=1S/C67H129N2O6P/c1-6-8-10-12-14-16-18-20-22-24-26-28-30-32-33-34-35-37-39-41-43-45-47-49-51-53-55-57-59-61-67(71)68-65(64-75-76(72,73)74-63-62-69(3,4)5)66(70)60-58-56-54-52-50-48-46-44-42-40-38-36-31-29-27-25-23-21-19-17-15-13-11-9-7-2/h18,20,24,26,30,32,58,60,65-66,70H,6-17,19,21-23,25,27-29,31,33-57,59,61-64H2,1-5H3,(H-,68,71,72,73)/b20-18-,26-24-,32-30-,60-58+. The summed E-state index contributed by atoms with van der Waals surface area (Å²) in [6.07, 6.45) is 77.8. The Morgan fingerprint density at radius 2 is 0.763 bits per heavy atom. The van der Waals surface area contributed by atoms with Gasteiger partial charge >= 0.3 is 0 Å². The first-order valence-electron chi connectivity index (χ1n) is 33.0. The quantitative estimate of drug-likeness (QED) is 0.0272. The highest BCUT2D eigenvalue weighted by Gasteiger charge is 2.23. The first kappa shape index (κ1) is 74.5. The number of carbonyl (C=O) groups is 1. The number of hydrogen-bond donors (Lipinski definition) is 2. The molecule has 0 fully saturated rings. The van der Waals surface area contributed by atoms with Gasteiger partial charge in [0.1, 0.15) is 13.2 Å². The lowest BCUT2D eigenvalue weighted by molar-refractivity contribution is -0.870. The fourth-order valence-electron chi connectivity index (χ4n) is 9.87. The van der Waals surface area contributed by atoms with Crippen molar-refractivity contribution in [1.82, 2.24) is 5.32 Å². The number of rotatable bonds is 61. The lowest BCUT2D eigenvalue weighted by atomic mass is 10.0. The van der Waals surface area contributed by atoms with Crippen molar-refractivity contribution in [3.63, 3.8) is 0 Å². The Bertz CT molecular complexity index is 1380. The molecular formula is C67H129N2O6P. The van der Waals surface area contributed by atoms with Gasteiger partial charge in [-0.2, -0.15) is 0 Å². The molecule has 0 spiro atoms. The number of nitrogens with zero attached hydrogens (tertiary/aromatic N) is 1. The van der Waals surface area contributed by atoms with E-state index in [2.05, 4.69) is 55.6 Å². The van der Waals surface area contributed by atoms with Crippen molar-refractivity contribution in [2.75, 3.05) is 40.9 Å². The number of amides is 1. The van der Waals surface area contributed by atoms with Crippen molar-refractivity contribution in [2.24, 2.45) is 0 Å². The highest BCUT2D eigenvalue weighted by molar-refractivity contribution is 7.45. The Labute approximate surface area is 473 Å². The van der Waals surface area contributed by atoms with Crippen LogP contribution in [-0.2, 0) is 18.4 Å². The third-order valence-electron chi connectivity index (χ3n) is 15.0. The first-order chi connectivity index (χ1) is 37.0. The largest absolute Gasteiger partial charge is 0.756 e. The smallest absolute Gasteiger partial charge is 0.268 e. The van der Waals surface area contributed by atoms with Gasteiger partial charge < -0.3 is 28.8 Å². The Kier molecular flexibility index (Phi) is 56.9. The van der Waals surface area contributed by atoms with E-state index in [0.29, 0.717) is 17.4 Å². The van der Waals surface area contributed by atoms with Crippen molar-refractivity contribution in [3.8, 4) is 0 Å². The number of carbonyl (C=O) groups excluding carboxylic acids is 1. The summed E-state index contributed by atoms with van der Waals surface area (Å²) < 4.78 is 23.4. The van der Waals surface area contributed by atoms with Crippen LogP contribution in [0, 0.1) is 0 Å². The molecule has 76 heavy (non-hydrogen) atoms. The fourth-order valence-corrected chi connectivity index (χ4v) is 10.6. The van der Waals surface area contributed by atoms with Crippen molar-refractivity contribution in [1.29, 1.82) is 0 Å². The maximum absolute atomic E-state index is 13.0. The number of quaternary nitrogens is 1. The molecule has 448 valence electrons. The lowest BCUT2D eigenvalue weighted by Crippen LogP contribution is -2.45. The SMILES string of the molecule is CCCCCCC/C=C\C/C=C\C/C=C\CCCCCCCCCCCCCCCCC(=O)NC(COP(=O)([O-])OCC[N+](C)(C)C)C(O)/C=C/CCCCCCCCCCCCCCCCCCCCCCCCC. The number of nitrogens with one attached hydrogen (secondary N) is 1. The van der Waals surface area contributed by atoms with Gasteiger partial charge in [-0.15, -0.1) is 0 Å². The minimum Gasteiger partial charge on any atom is -0.756 e. The van der Waals surface area contributed by atoms with Gasteiger partial charge in [0.25, 0.3) is 7.82 Å². The average Bonchev–Trinajstić information content (AvgIpc) is 3.38. The molecule has 0 bridgehead atoms. The molecule has 0 aromatic carbocycles. The maximum atomic E-state index is 13.0. The van der Waals surface area contributed by atoms with E-state index in [1.165, 1.54) is 250 Å². The molecule has 0 aliphatic carbocycles. The molecule has 0 rings (SSSR count). The number of allylic oxidation sites excluding steroid dienone is 7. The summed E-state index contributed by atoms with van der Waals surface area (Å²) in [5.41, 5.74) is 0. The molecule has 0 radical (unpaired) electrons. The van der Waals surface area contributed by atoms with Crippen molar-refractivity contribution in [3.05, 3.63) is 48.6 Å². The summed E-state index contributed by atoms with van der Waals surface area (Å²) in [4.78, 5) is 25.6. The highest BCUT2D eigenvalue weighted by Crippen LogP contribution is 2.38. The van der Waals surface area contributed by atoms with Crippen LogP contribution >= 0.6 is 7.82 Å². The summed E-state index contributed by atoms with van der Waals surface area (Å²) in [6.45, 7) is 4.68.